The summed E-state index contributed by atoms with van der Waals surface area (Å²) in [6.07, 6.45) is 5.61. The van der Waals surface area contributed by atoms with Gasteiger partial charge in [-0.15, -0.1) is 5.10 Å². The highest BCUT2D eigenvalue weighted by Gasteiger charge is 2.28. The normalized spacial score (nSPS) is 13.9. The number of H-pyrrole nitrogens is 1. The number of hydrogen-bond donors (Lipinski definition) is 3. The van der Waals surface area contributed by atoms with E-state index in [4.69, 9.17) is 0 Å². The van der Waals surface area contributed by atoms with Crippen LogP contribution in [0.2, 0.25) is 0 Å². The zero-order valence-corrected chi connectivity index (χ0v) is 21.5. The maximum Gasteiger partial charge on any atom is 0.256 e. The second kappa shape index (κ2) is 10.5. The number of nitrogens with one attached hydrogen (secondary N) is 3. The lowest BCUT2D eigenvalue weighted by Gasteiger charge is -2.07. The molecule has 3 N–H and O–H groups in total. The number of sulfone groups is 1. The molecule has 2 aromatic carbocycles. The molecule has 2 aromatic heterocycles. The SMILES string of the molecule is Cc1cc(C(=O)NCCCn2ccnn2)c(/C=C2\C(=O)Nc3ccc(S(=O)(=O)Cc4ccccc4)cc32)[nH]1. The van der Waals surface area contributed by atoms with Crippen LogP contribution in [0.4, 0.5) is 5.69 Å². The summed E-state index contributed by atoms with van der Waals surface area (Å²) in [5, 5.41) is 13.3. The number of aromatic nitrogens is 4. The number of anilines is 1. The number of amides is 2. The molecular formula is C27H26N6O4S. The Morgan fingerprint density at radius 2 is 1.95 bits per heavy atom. The Balaban J connectivity index is 1.38. The third-order valence-electron chi connectivity index (χ3n) is 6.17. The van der Waals surface area contributed by atoms with Crippen molar-refractivity contribution in [2.24, 2.45) is 0 Å². The van der Waals surface area contributed by atoms with Crippen LogP contribution in [-0.4, -0.2) is 46.8 Å². The van der Waals surface area contributed by atoms with Crippen molar-refractivity contribution in [1.82, 2.24) is 25.3 Å². The molecule has 3 heterocycles. The molecule has 0 bridgehead atoms. The lowest BCUT2D eigenvalue weighted by molar-refractivity contribution is -0.110. The fourth-order valence-electron chi connectivity index (χ4n) is 4.33. The van der Waals surface area contributed by atoms with Crippen LogP contribution in [0.25, 0.3) is 11.6 Å². The summed E-state index contributed by atoms with van der Waals surface area (Å²) in [5.41, 5.74) is 3.55. The van der Waals surface area contributed by atoms with E-state index >= 15 is 0 Å². The fourth-order valence-corrected chi connectivity index (χ4v) is 5.70. The number of nitrogens with zero attached hydrogens (tertiary/aromatic N) is 3. The van der Waals surface area contributed by atoms with Crippen molar-refractivity contribution in [3.63, 3.8) is 0 Å². The van der Waals surface area contributed by atoms with E-state index < -0.39 is 9.84 Å². The Morgan fingerprint density at radius 3 is 2.71 bits per heavy atom. The van der Waals surface area contributed by atoms with E-state index in [1.54, 1.807) is 59.5 Å². The lowest BCUT2D eigenvalue weighted by Crippen LogP contribution is -2.25. The Morgan fingerprint density at radius 1 is 1.13 bits per heavy atom. The number of fused-ring (bicyclic) bond motifs is 1. The van der Waals surface area contributed by atoms with Crippen molar-refractivity contribution in [3.8, 4) is 0 Å². The third kappa shape index (κ3) is 5.42. The molecule has 0 fully saturated rings. The largest absolute Gasteiger partial charge is 0.358 e. The molecule has 0 saturated carbocycles. The zero-order valence-electron chi connectivity index (χ0n) is 20.6. The highest BCUT2D eigenvalue weighted by molar-refractivity contribution is 7.90. The number of aryl methyl sites for hydroxylation is 2. The maximum atomic E-state index is 13.1. The minimum atomic E-state index is -3.64. The molecule has 194 valence electrons. The second-order valence-corrected chi connectivity index (χ2v) is 11.0. The molecule has 0 atom stereocenters. The standard InChI is InChI=1S/C27H26N6O4S/c1-18-14-23(26(34)28-10-5-12-33-13-11-29-32-33)25(30-18)16-22-21-15-20(8-9-24(21)31-27(22)35)38(36,37)17-19-6-3-2-4-7-19/h2-4,6-9,11,13-16,30H,5,10,12,17H2,1H3,(H,28,34)(H,31,35)/b22-16-. The number of benzene rings is 2. The molecule has 2 amide bonds. The molecule has 0 saturated heterocycles. The monoisotopic (exact) mass is 530 g/mol. The van der Waals surface area contributed by atoms with Gasteiger partial charge in [-0.2, -0.15) is 0 Å². The molecule has 1 aliphatic rings. The Kier molecular flexibility index (Phi) is 6.93. The molecular weight excluding hydrogens is 504 g/mol. The van der Waals surface area contributed by atoms with Gasteiger partial charge in [0.1, 0.15) is 0 Å². The zero-order chi connectivity index (χ0) is 26.7. The summed E-state index contributed by atoms with van der Waals surface area (Å²) in [5.74, 6) is -0.800. The summed E-state index contributed by atoms with van der Waals surface area (Å²) >= 11 is 0. The number of rotatable bonds is 9. The van der Waals surface area contributed by atoms with Gasteiger partial charge in [-0.3, -0.25) is 14.3 Å². The van der Waals surface area contributed by atoms with Crippen LogP contribution in [0, 0.1) is 6.92 Å². The molecule has 0 spiro atoms. The average Bonchev–Trinajstić information content (AvgIpc) is 3.61. The van der Waals surface area contributed by atoms with E-state index in [0.717, 1.165) is 5.69 Å². The van der Waals surface area contributed by atoms with Crippen molar-refractivity contribution >= 4 is 39.0 Å². The number of carbonyl (C=O) groups is 2. The highest BCUT2D eigenvalue weighted by Crippen LogP contribution is 2.35. The molecule has 0 unspecified atom stereocenters. The van der Waals surface area contributed by atoms with Crippen molar-refractivity contribution in [1.29, 1.82) is 0 Å². The van der Waals surface area contributed by atoms with Gasteiger partial charge >= 0.3 is 0 Å². The Labute approximate surface area is 219 Å². The van der Waals surface area contributed by atoms with Gasteiger partial charge in [0.05, 0.1) is 33.7 Å². The van der Waals surface area contributed by atoms with E-state index in [1.165, 1.54) is 12.1 Å². The summed E-state index contributed by atoms with van der Waals surface area (Å²) in [6.45, 7) is 2.88. The predicted molar refractivity (Wildman–Crippen MR) is 143 cm³/mol. The minimum absolute atomic E-state index is 0.121. The van der Waals surface area contributed by atoms with Crippen molar-refractivity contribution in [2.45, 2.75) is 30.5 Å². The van der Waals surface area contributed by atoms with Gasteiger partial charge in [0.15, 0.2) is 9.84 Å². The Hall–Kier alpha value is -4.51. The first-order valence-corrected chi connectivity index (χ1v) is 13.7. The third-order valence-corrected chi connectivity index (χ3v) is 7.86. The first kappa shape index (κ1) is 25.2. The number of hydrogen-bond acceptors (Lipinski definition) is 6. The molecule has 0 radical (unpaired) electrons. The highest BCUT2D eigenvalue weighted by atomic mass is 32.2. The van der Waals surface area contributed by atoms with Crippen LogP contribution in [0.15, 0.2) is 71.9 Å². The molecule has 11 heteroatoms. The van der Waals surface area contributed by atoms with E-state index in [0.29, 0.717) is 47.6 Å². The lowest BCUT2D eigenvalue weighted by atomic mass is 10.0. The van der Waals surface area contributed by atoms with E-state index in [2.05, 4.69) is 25.9 Å². The fraction of sp³-hybridized carbons (Fsp3) is 0.185. The van der Waals surface area contributed by atoms with Gasteiger partial charge in [0, 0.05) is 36.2 Å². The Bertz CT molecular complexity index is 1620. The van der Waals surface area contributed by atoms with Gasteiger partial charge in [-0.25, -0.2) is 8.42 Å². The van der Waals surface area contributed by atoms with E-state index in [1.807, 2.05) is 13.0 Å². The van der Waals surface area contributed by atoms with Crippen molar-refractivity contribution < 1.29 is 18.0 Å². The van der Waals surface area contributed by atoms with Gasteiger partial charge in [-0.05, 0) is 49.2 Å². The first-order chi connectivity index (χ1) is 18.3. The molecule has 5 rings (SSSR count). The number of carbonyl (C=O) groups excluding carboxylic acids is 2. The van der Waals surface area contributed by atoms with Gasteiger partial charge < -0.3 is 15.6 Å². The predicted octanol–water partition coefficient (Wildman–Crippen LogP) is 3.20. The minimum Gasteiger partial charge on any atom is -0.358 e. The molecule has 10 nitrogen and oxygen atoms in total. The van der Waals surface area contributed by atoms with Crippen LogP contribution < -0.4 is 10.6 Å². The average molecular weight is 531 g/mol. The van der Waals surface area contributed by atoms with E-state index in [-0.39, 0.29) is 28.0 Å². The van der Waals surface area contributed by atoms with Crippen LogP contribution >= 0.6 is 0 Å². The smallest absolute Gasteiger partial charge is 0.256 e. The van der Waals surface area contributed by atoms with Crippen molar-refractivity contribution in [2.75, 3.05) is 11.9 Å². The van der Waals surface area contributed by atoms with Crippen LogP contribution in [-0.2, 0) is 26.9 Å². The van der Waals surface area contributed by atoms with Gasteiger partial charge in [-0.1, -0.05) is 35.5 Å². The van der Waals surface area contributed by atoms with Gasteiger partial charge in [0.2, 0.25) is 0 Å². The van der Waals surface area contributed by atoms with Crippen LogP contribution in [0.1, 0.15) is 39.3 Å². The topological polar surface area (TPSA) is 139 Å². The quantitative estimate of drug-likeness (QED) is 0.224. The van der Waals surface area contributed by atoms with E-state index in [9.17, 15) is 18.0 Å². The first-order valence-electron chi connectivity index (χ1n) is 12.1. The summed E-state index contributed by atoms with van der Waals surface area (Å²) in [4.78, 5) is 29.0. The molecule has 0 aliphatic carbocycles. The molecule has 1 aliphatic heterocycles. The second-order valence-electron chi connectivity index (χ2n) is 9.02. The van der Waals surface area contributed by atoms with Crippen molar-refractivity contribution in [3.05, 3.63) is 95.1 Å². The van der Waals surface area contributed by atoms with Crippen LogP contribution in [0.3, 0.4) is 0 Å². The summed E-state index contributed by atoms with van der Waals surface area (Å²) in [7, 11) is -3.64. The number of aromatic amines is 1. The maximum absolute atomic E-state index is 13.1. The molecule has 38 heavy (non-hydrogen) atoms. The summed E-state index contributed by atoms with van der Waals surface area (Å²) < 4.78 is 27.9. The van der Waals surface area contributed by atoms with Gasteiger partial charge in [0.25, 0.3) is 11.8 Å². The summed E-state index contributed by atoms with van der Waals surface area (Å²) in [6, 6.07) is 15.2. The molecule has 4 aromatic rings. The van der Waals surface area contributed by atoms with Crippen LogP contribution in [0.5, 0.6) is 0 Å².